The first-order valence-electron chi connectivity index (χ1n) is 6.71. The Morgan fingerprint density at radius 3 is 3.11 bits per heavy atom. The van der Waals surface area contributed by atoms with Crippen molar-refractivity contribution in [2.75, 3.05) is 24.6 Å². The summed E-state index contributed by atoms with van der Waals surface area (Å²) in [6, 6.07) is 0.528. The normalized spacial score (nSPS) is 18.2. The van der Waals surface area contributed by atoms with Crippen molar-refractivity contribution < 1.29 is 0 Å². The molecule has 2 rings (SSSR count). The van der Waals surface area contributed by atoms with Gasteiger partial charge in [0.2, 0.25) is 0 Å². The van der Waals surface area contributed by atoms with Gasteiger partial charge < -0.3 is 5.32 Å². The van der Waals surface area contributed by atoms with Crippen molar-refractivity contribution in [3.8, 4) is 0 Å². The zero-order chi connectivity index (χ0) is 12.8. The quantitative estimate of drug-likeness (QED) is 0.900. The summed E-state index contributed by atoms with van der Waals surface area (Å²) >= 11 is 3.86. The molecule has 1 aliphatic heterocycles. The van der Waals surface area contributed by atoms with Crippen molar-refractivity contribution in [1.82, 2.24) is 15.2 Å². The molecule has 1 aliphatic rings. The van der Waals surface area contributed by atoms with Crippen LogP contribution < -0.4 is 5.32 Å². The van der Waals surface area contributed by atoms with E-state index in [9.17, 15) is 0 Å². The van der Waals surface area contributed by atoms with Crippen molar-refractivity contribution in [3.05, 3.63) is 16.1 Å². The van der Waals surface area contributed by atoms with Crippen LogP contribution in [0.1, 0.15) is 31.0 Å². The fourth-order valence-corrected chi connectivity index (χ4v) is 3.64. The molecule has 0 bridgehead atoms. The SMILES string of the molecule is CC(C)NCc1nc(CN2CCCSCC2)cs1. The molecule has 0 aliphatic carbocycles. The molecule has 0 amide bonds. The lowest BCUT2D eigenvalue weighted by Crippen LogP contribution is -2.25. The Labute approximate surface area is 118 Å². The molecule has 1 aromatic heterocycles. The number of thiazole rings is 1. The lowest BCUT2D eigenvalue weighted by atomic mass is 10.3. The van der Waals surface area contributed by atoms with Crippen molar-refractivity contribution >= 4 is 23.1 Å². The van der Waals surface area contributed by atoms with E-state index in [0.717, 1.165) is 13.1 Å². The lowest BCUT2D eigenvalue weighted by Gasteiger charge is -2.17. The van der Waals surface area contributed by atoms with E-state index in [1.54, 1.807) is 11.3 Å². The van der Waals surface area contributed by atoms with E-state index < -0.39 is 0 Å². The van der Waals surface area contributed by atoms with Crippen LogP contribution in [0.3, 0.4) is 0 Å². The molecule has 0 unspecified atom stereocenters. The molecule has 1 fully saturated rings. The Bertz CT molecular complexity index is 344. The van der Waals surface area contributed by atoms with Crippen molar-refractivity contribution in [2.24, 2.45) is 0 Å². The van der Waals surface area contributed by atoms with E-state index in [4.69, 9.17) is 4.98 Å². The van der Waals surface area contributed by atoms with Gasteiger partial charge in [-0.25, -0.2) is 4.98 Å². The summed E-state index contributed by atoms with van der Waals surface area (Å²) in [7, 11) is 0. The van der Waals surface area contributed by atoms with Gasteiger partial charge in [-0.3, -0.25) is 4.90 Å². The molecule has 5 heteroatoms. The smallest absolute Gasteiger partial charge is 0.107 e. The molecule has 0 radical (unpaired) electrons. The van der Waals surface area contributed by atoms with E-state index in [0.29, 0.717) is 6.04 Å². The molecule has 102 valence electrons. The van der Waals surface area contributed by atoms with Crippen LogP contribution in [0.15, 0.2) is 5.38 Å². The predicted octanol–water partition coefficient (Wildman–Crippen LogP) is 2.58. The minimum absolute atomic E-state index is 0.528. The Kier molecular flexibility index (Phi) is 5.95. The number of thioether (sulfide) groups is 1. The highest BCUT2D eigenvalue weighted by Gasteiger charge is 2.11. The molecule has 18 heavy (non-hydrogen) atoms. The van der Waals surface area contributed by atoms with E-state index in [2.05, 4.69) is 41.2 Å². The number of rotatable bonds is 5. The van der Waals surface area contributed by atoms with Crippen LogP contribution in [0.4, 0.5) is 0 Å². The summed E-state index contributed by atoms with van der Waals surface area (Å²) in [6.07, 6.45) is 1.32. The molecule has 1 saturated heterocycles. The summed E-state index contributed by atoms with van der Waals surface area (Å²) in [6.45, 7) is 8.70. The van der Waals surface area contributed by atoms with Gasteiger partial charge >= 0.3 is 0 Å². The summed E-state index contributed by atoms with van der Waals surface area (Å²) in [4.78, 5) is 7.25. The van der Waals surface area contributed by atoms with Crippen LogP contribution in [0.5, 0.6) is 0 Å². The summed E-state index contributed by atoms with van der Waals surface area (Å²) in [5, 5.41) is 6.85. The van der Waals surface area contributed by atoms with E-state index >= 15 is 0 Å². The summed E-state index contributed by atoms with van der Waals surface area (Å²) in [5.74, 6) is 2.59. The Hall–Kier alpha value is -0.100. The van der Waals surface area contributed by atoms with Crippen molar-refractivity contribution in [2.45, 2.75) is 39.4 Å². The highest BCUT2D eigenvalue weighted by Crippen LogP contribution is 2.15. The maximum absolute atomic E-state index is 4.71. The number of aromatic nitrogens is 1. The van der Waals surface area contributed by atoms with Crippen LogP contribution >= 0.6 is 23.1 Å². The largest absolute Gasteiger partial charge is 0.308 e. The van der Waals surface area contributed by atoms with Gasteiger partial charge in [0.05, 0.1) is 5.69 Å². The third kappa shape index (κ3) is 4.88. The summed E-state index contributed by atoms with van der Waals surface area (Å²) < 4.78 is 0. The van der Waals surface area contributed by atoms with Crippen molar-refractivity contribution in [1.29, 1.82) is 0 Å². The molecule has 0 saturated carbocycles. The fourth-order valence-electron chi connectivity index (χ4n) is 1.98. The zero-order valence-corrected chi connectivity index (χ0v) is 12.9. The van der Waals surface area contributed by atoms with E-state index in [1.165, 1.54) is 41.7 Å². The Morgan fingerprint density at radius 1 is 1.39 bits per heavy atom. The molecule has 1 N–H and O–H groups in total. The number of nitrogens with zero attached hydrogens (tertiary/aromatic N) is 2. The van der Waals surface area contributed by atoms with Crippen LogP contribution in [-0.4, -0.2) is 40.5 Å². The van der Waals surface area contributed by atoms with Gasteiger partial charge in [0, 0.05) is 36.8 Å². The second-order valence-electron chi connectivity index (χ2n) is 5.01. The topological polar surface area (TPSA) is 28.2 Å². The highest BCUT2D eigenvalue weighted by molar-refractivity contribution is 7.99. The maximum atomic E-state index is 4.71. The third-order valence-corrected chi connectivity index (χ3v) is 4.91. The first kappa shape index (κ1) is 14.3. The fraction of sp³-hybridized carbons (Fsp3) is 0.769. The second-order valence-corrected chi connectivity index (χ2v) is 7.18. The molecular weight excluding hydrogens is 262 g/mol. The van der Waals surface area contributed by atoms with Crippen LogP contribution in [0, 0.1) is 0 Å². The minimum atomic E-state index is 0.528. The number of nitrogens with one attached hydrogen (secondary N) is 1. The number of hydrogen-bond acceptors (Lipinski definition) is 5. The van der Waals surface area contributed by atoms with Crippen LogP contribution in [0.2, 0.25) is 0 Å². The highest BCUT2D eigenvalue weighted by atomic mass is 32.2. The maximum Gasteiger partial charge on any atom is 0.107 e. The van der Waals surface area contributed by atoms with E-state index in [-0.39, 0.29) is 0 Å². The third-order valence-electron chi connectivity index (χ3n) is 2.96. The van der Waals surface area contributed by atoms with Gasteiger partial charge in [-0.15, -0.1) is 11.3 Å². The average Bonchev–Trinajstić information content (AvgIpc) is 2.62. The average molecular weight is 285 g/mol. The molecule has 0 aromatic carbocycles. The first-order chi connectivity index (χ1) is 8.74. The standard InChI is InChI=1S/C13H23N3S2/c1-11(2)14-8-13-15-12(10-18-13)9-16-4-3-6-17-7-5-16/h10-11,14H,3-9H2,1-2H3. The second kappa shape index (κ2) is 7.48. The monoisotopic (exact) mass is 285 g/mol. The number of hydrogen-bond donors (Lipinski definition) is 1. The van der Waals surface area contributed by atoms with Crippen LogP contribution in [0.25, 0.3) is 0 Å². The molecular formula is C13H23N3S2. The van der Waals surface area contributed by atoms with Gasteiger partial charge in [-0.1, -0.05) is 13.8 Å². The first-order valence-corrected chi connectivity index (χ1v) is 8.74. The van der Waals surface area contributed by atoms with Gasteiger partial charge in [0.1, 0.15) is 5.01 Å². The van der Waals surface area contributed by atoms with Gasteiger partial charge in [0.15, 0.2) is 0 Å². The Morgan fingerprint density at radius 2 is 2.28 bits per heavy atom. The molecule has 0 atom stereocenters. The van der Waals surface area contributed by atoms with Gasteiger partial charge in [0.25, 0.3) is 0 Å². The van der Waals surface area contributed by atoms with Crippen molar-refractivity contribution in [3.63, 3.8) is 0 Å². The van der Waals surface area contributed by atoms with Crippen LogP contribution in [-0.2, 0) is 13.1 Å². The lowest BCUT2D eigenvalue weighted by molar-refractivity contribution is 0.284. The molecule has 3 nitrogen and oxygen atoms in total. The minimum Gasteiger partial charge on any atom is -0.308 e. The zero-order valence-electron chi connectivity index (χ0n) is 11.3. The van der Waals surface area contributed by atoms with Gasteiger partial charge in [-0.05, 0) is 18.7 Å². The van der Waals surface area contributed by atoms with Gasteiger partial charge in [-0.2, -0.15) is 11.8 Å². The molecule has 0 spiro atoms. The predicted molar refractivity (Wildman–Crippen MR) is 81.3 cm³/mol. The molecule has 1 aromatic rings. The Balaban J connectivity index is 1.81. The molecule has 2 heterocycles. The van der Waals surface area contributed by atoms with E-state index in [1.807, 2.05) is 0 Å². The summed E-state index contributed by atoms with van der Waals surface area (Å²) in [5.41, 5.74) is 1.24.